The molecule has 22 heavy (non-hydrogen) atoms. The third kappa shape index (κ3) is 4.60. The van der Waals surface area contributed by atoms with Gasteiger partial charge in [-0.1, -0.05) is 0 Å². The predicted molar refractivity (Wildman–Crippen MR) is 88.1 cm³/mol. The molecule has 0 aromatic carbocycles. The molecule has 1 aromatic heterocycles. The summed E-state index contributed by atoms with van der Waals surface area (Å²) in [6.45, 7) is 8.72. The van der Waals surface area contributed by atoms with Crippen LogP contribution in [0.15, 0.2) is 16.7 Å². The van der Waals surface area contributed by atoms with Gasteiger partial charge in [-0.25, -0.2) is 4.79 Å². The van der Waals surface area contributed by atoms with Gasteiger partial charge in [-0.15, -0.1) is 0 Å². The fraction of sp³-hybridized carbons (Fsp3) is 0.625. The highest BCUT2D eigenvalue weighted by Gasteiger charge is 2.32. The van der Waals surface area contributed by atoms with E-state index in [4.69, 9.17) is 9.47 Å². The zero-order chi connectivity index (χ0) is 16.3. The van der Waals surface area contributed by atoms with Gasteiger partial charge in [0.05, 0.1) is 11.7 Å². The Morgan fingerprint density at radius 2 is 2.23 bits per heavy atom. The number of ether oxygens (including phenoxy) is 2. The fourth-order valence-corrected chi connectivity index (χ4v) is 2.70. The van der Waals surface area contributed by atoms with Crippen molar-refractivity contribution in [2.24, 2.45) is 0 Å². The minimum Gasteiger partial charge on any atom is -0.489 e. The molecule has 6 heteroatoms. The summed E-state index contributed by atoms with van der Waals surface area (Å²) < 4.78 is 12.2. The van der Waals surface area contributed by atoms with E-state index in [0.717, 1.165) is 35.3 Å². The van der Waals surface area contributed by atoms with Crippen molar-refractivity contribution in [3.63, 3.8) is 0 Å². The number of aryl methyl sites for hydroxylation is 1. The van der Waals surface area contributed by atoms with Crippen LogP contribution in [-0.4, -0.2) is 40.8 Å². The van der Waals surface area contributed by atoms with Crippen molar-refractivity contribution in [1.29, 1.82) is 0 Å². The first-order valence-corrected chi connectivity index (χ1v) is 8.30. The number of pyridine rings is 1. The molecule has 0 bridgehead atoms. The molecule has 1 saturated heterocycles. The maximum absolute atomic E-state index is 12.2. The van der Waals surface area contributed by atoms with Crippen molar-refractivity contribution >= 4 is 22.0 Å². The maximum Gasteiger partial charge on any atom is 0.410 e. The second-order valence-electron chi connectivity index (χ2n) is 6.52. The molecule has 1 aromatic rings. The average Bonchev–Trinajstić information content (AvgIpc) is 2.86. The number of carbonyl (C=O) groups excluding carboxylic acids is 1. The number of aromatic nitrogens is 1. The van der Waals surface area contributed by atoms with Crippen LogP contribution < -0.4 is 4.74 Å². The SMILES string of the molecule is Cc1ncc(Br)cc1OC[C@@H]1CCCN1C(=O)OC(C)(C)C. The summed E-state index contributed by atoms with van der Waals surface area (Å²) >= 11 is 3.39. The smallest absolute Gasteiger partial charge is 0.410 e. The van der Waals surface area contributed by atoms with Gasteiger partial charge in [-0.2, -0.15) is 0 Å². The van der Waals surface area contributed by atoms with Gasteiger partial charge < -0.3 is 14.4 Å². The Balaban J connectivity index is 1.97. The first kappa shape index (κ1) is 17.1. The first-order chi connectivity index (χ1) is 10.3. The Bertz CT molecular complexity index is 543. The van der Waals surface area contributed by atoms with Gasteiger partial charge in [0, 0.05) is 17.2 Å². The van der Waals surface area contributed by atoms with E-state index in [1.54, 1.807) is 11.1 Å². The van der Waals surface area contributed by atoms with Gasteiger partial charge in [-0.05, 0) is 62.5 Å². The predicted octanol–water partition coefficient (Wildman–Crippen LogP) is 3.93. The van der Waals surface area contributed by atoms with Gasteiger partial charge >= 0.3 is 6.09 Å². The quantitative estimate of drug-likeness (QED) is 0.808. The summed E-state index contributed by atoms with van der Waals surface area (Å²) in [7, 11) is 0. The third-order valence-electron chi connectivity index (χ3n) is 3.44. The molecule has 1 aliphatic heterocycles. The topological polar surface area (TPSA) is 51.7 Å². The summed E-state index contributed by atoms with van der Waals surface area (Å²) in [6.07, 6.45) is 3.38. The van der Waals surface area contributed by atoms with Crippen molar-refractivity contribution in [3.05, 3.63) is 22.4 Å². The number of rotatable bonds is 3. The average molecular weight is 371 g/mol. The van der Waals surface area contributed by atoms with E-state index in [2.05, 4.69) is 20.9 Å². The second kappa shape index (κ2) is 6.86. The summed E-state index contributed by atoms with van der Waals surface area (Å²) in [5.41, 5.74) is 0.362. The zero-order valence-corrected chi connectivity index (χ0v) is 15.1. The molecule has 122 valence electrons. The highest BCUT2D eigenvalue weighted by Crippen LogP contribution is 2.24. The largest absolute Gasteiger partial charge is 0.489 e. The Morgan fingerprint density at radius 1 is 1.50 bits per heavy atom. The molecule has 0 N–H and O–H groups in total. The van der Waals surface area contributed by atoms with Gasteiger partial charge in [0.15, 0.2) is 0 Å². The molecular formula is C16H23BrN2O3. The van der Waals surface area contributed by atoms with Crippen LogP contribution in [0.5, 0.6) is 5.75 Å². The summed E-state index contributed by atoms with van der Waals surface area (Å²) in [5, 5.41) is 0. The van der Waals surface area contributed by atoms with E-state index in [-0.39, 0.29) is 12.1 Å². The van der Waals surface area contributed by atoms with Gasteiger partial charge in [0.1, 0.15) is 18.0 Å². The summed E-state index contributed by atoms with van der Waals surface area (Å²) in [6, 6.07) is 1.95. The van der Waals surface area contributed by atoms with Crippen LogP contribution in [0, 0.1) is 6.92 Å². The minimum absolute atomic E-state index is 0.0493. The minimum atomic E-state index is -0.476. The van der Waals surface area contributed by atoms with Crippen LogP contribution >= 0.6 is 15.9 Å². The van der Waals surface area contributed by atoms with E-state index < -0.39 is 5.60 Å². The van der Waals surface area contributed by atoms with E-state index in [1.807, 2.05) is 33.8 Å². The second-order valence-corrected chi connectivity index (χ2v) is 7.43. The Kier molecular flexibility index (Phi) is 5.32. The van der Waals surface area contributed by atoms with Gasteiger partial charge in [-0.3, -0.25) is 4.98 Å². The van der Waals surface area contributed by atoms with Crippen LogP contribution in [0.2, 0.25) is 0 Å². The lowest BCUT2D eigenvalue weighted by atomic mass is 10.2. The van der Waals surface area contributed by atoms with E-state index >= 15 is 0 Å². The maximum atomic E-state index is 12.2. The van der Waals surface area contributed by atoms with Gasteiger partial charge in [0.25, 0.3) is 0 Å². The number of halogens is 1. The summed E-state index contributed by atoms with van der Waals surface area (Å²) in [4.78, 5) is 18.3. The van der Waals surface area contributed by atoms with Crippen molar-refractivity contribution < 1.29 is 14.3 Å². The fourth-order valence-electron chi connectivity index (χ4n) is 2.39. The molecular weight excluding hydrogens is 348 g/mol. The molecule has 0 aliphatic carbocycles. The lowest BCUT2D eigenvalue weighted by Crippen LogP contribution is -2.42. The van der Waals surface area contributed by atoms with Crippen molar-refractivity contribution in [2.45, 2.75) is 52.2 Å². The molecule has 1 fully saturated rings. The van der Waals surface area contributed by atoms with E-state index in [9.17, 15) is 4.79 Å². The number of nitrogens with zero attached hydrogens (tertiary/aromatic N) is 2. The number of hydrogen-bond donors (Lipinski definition) is 0. The standard InChI is InChI=1S/C16H23BrN2O3/c1-11-14(8-12(17)9-18-11)21-10-13-6-5-7-19(13)15(20)22-16(2,3)4/h8-9,13H,5-7,10H2,1-4H3/t13-/m0/s1. The number of hydrogen-bond acceptors (Lipinski definition) is 4. The van der Waals surface area contributed by atoms with E-state index in [0.29, 0.717) is 6.61 Å². The van der Waals surface area contributed by atoms with Crippen LogP contribution in [0.3, 0.4) is 0 Å². The highest BCUT2D eigenvalue weighted by molar-refractivity contribution is 9.10. The zero-order valence-electron chi connectivity index (χ0n) is 13.6. The highest BCUT2D eigenvalue weighted by atomic mass is 79.9. The molecule has 1 aliphatic rings. The number of carbonyl (C=O) groups is 1. The number of likely N-dealkylation sites (tertiary alicyclic amines) is 1. The molecule has 1 atom stereocenters. The molecule has 0 radical (unpaired) electrons. The lowest BCUT2D eigenvalue weighted by Gasteiger charge is -2.28. The van der Waals surface area contributed by atoms with E-state index in [1.165, 1.54) is 0 Å². The third-order valence-corrected chi connectivity index (χ3v) is 3.88. The molecule has 5 nitrogen and oxygen atoms in total. The molecule has 0 spiro atoms. The Morgan fingerprint density at radius 3 is 2.91 bits per heavy atom. The first-order valence-electron chi connectivity index (χ1n) is 7.51. The van der Waals surface area contributed by atoms with Crippen molar-refractivity contribution in [2.75, 3.05) is 13.2 Å². The van der Waals surface area contributed by atoms with Crippen LogP contribution in [0.25, 0.3) is 0 Å². The van der Waals surface area contributed by atoms with Crippen LogP contribution in [0.4, 0.5) is 4.79 Å². The van der Waals surface area contributed by atoms with Crippen molar-refractivity contribution in [1.82, 2.24) is 9.88 Å². The molecule has 2 rings (SSSR count). The summed E-state index contributed by atoms with van der Waals surface area (Å²) in [5.74, 6) is 0.741. The molecule has 2 heterocycles. The number of amides is 1. The molecule has 1 amide bonds. The van der Waals surface area contributed by atoms with Crippen LogP contribution in [-0.2, 0) is 4.74 Å². The van der Waals surface area contributed by atoms with Crippen molar-refractivity contribution in [3.8, 4) is 5.75 Å². The van der Waals surface area contributed by atoms with Gasteiger partial charge in [0.2, 0.25) is 0 Å². The van der Waals surface area contributed by atoms with Crippen LogP contribution in [0.1, 0.15) is 39.3 Å². The Labute approximate surface area is 140 Å². The lowest BCUT2D eigenvalue weighted by molar-refractivity contribution is 0.0187. The molecule has 0 saturated carbocycles. The Hall–Kier alpha value is -1.30. The monoisotopic (exact) mass is 370 g/mol. The normalized spacial score (nSPS) is 18.4. The molecule has 0 unspecified atom stereocenters.